The van der Waals surface area contributed by atoms with Gasteiger partial charge in [0.2, 0.25) is 0 Å². The van der Waals surface area contributed by atoms with E-state index >= 15 is 0 Å². The number of carbonyl (C=O) groups is 1. The van der Waals surface area contributed by atoms with Crippen LogP contribution in [0.2, 0.25) is 0 Å². The number of amides is 1. The van der Waals surface area contributed by atoms with Crippen LogP contribution in [0.1, 0.15) is 29.6 Å². The molecule has 0 aromatic carbocycles. The number of hydrogen-bond acceptors (Lipinski definition) is 3. The maximum Gasteiger partial charge on any atom is 0.254 e. The van der Waals surface area contributed by atoms with Crippen molar-refractivity contribution in [3.8, 4) is 0 Å². The molecule has 0 radical (unpaired) electrons. The number of anilines is 1. The second kappa shape index (κ2) is 5.70. The molecule has 16 heavy (non-hydrogen) atoms. The molecule has 4 nitrogen and oxygen atoms in total. The van der Waals surface area contributed by atoms with E-state index in [4.69, 9.17) is 5.73 Å². The van der Waals surface area contributed by atoms with Crippen molar-refractivity contribution in [2.75, 3.05) is 12.3 Å². The first-order valence-corrected chi connectivity index (χ1v) is 5.25. The Morgan fingerprint density at radius 3 is 2.88 bits per heavy atom. The number of pyridine rings is 1. The van der Waals surface area contributed by atoms with Gasteiger partial charge in [0, 0.05) is 24.6 Å². The summed E-state index contributed by atoms with van der Waals surface area (Å²) >= 11 is 0. The molecule has 0 saturated heterocycles. The van der Waals surface area contributed by atoms with Crippen LogP contribution in [0.25, 0.3) is 0 Å². The van der Waals surface area contributed by atoms with Crippen molar-refractivity contribution < 1.29 is 4.79 Å². The molecule has 5 heteroatoms. The molecule has 0 bridgehead atoms. The highest BCUT2D eigenvalue weighted by Gasteiger charge is 2.18. The molecule has 0 unspecified atom stereocenters. The molecular weight excluding hydrogens is 226 g/mol. The van der Waals surface area contributed by atoms with E-state index in [-0.39, 0.29) is 18.3 Å². The summed E-state index contributed by atoms with van der Waals surface area (Å²) in [5, 5.41) is 2.88. The van der Waals surface area contributed by atoms with Crippen molar-refractivity contribution in [3.63, 3.8) is 0 Å². The number of hydrogen-bond donors (Lipinski definition) is 2. The average Bonchev–Trinajstić information content (AvgIpc) is 2.16. The third kappa shape index (κ3) is 2.85. The standard InChI is InChI=1S/C11H15N3O.ClH/c12-10-4-5-13-7-9(10)11(15)14-6-8-2-1-3-8;/h4-5,7-8H,1-3,6H2,(H2,12,13)(H,14,15);1H. The lowest BCUT2D eigenvalue weighted by atomic mass is 9.85. The summed E-state index contributed by atoms with van der Waals surface area (Å²) in [6.45, 7) is 0.757. The molecule has 1 aliphatic carbocycles. The van der Waals surface area contributed by atoms with Crippen LogP contribution in [0, 0.1) is 5.92 Å². The topological polar surface area (TPSA) is 68.0 Å². The van der Waals surface area contributed by atoms with Crippen molar-refractivity contribution >= 4 is 24.0 Å². The average molecular weight is 242 g/mol. The van der Waals surface area contributed by atoms with Gasteiger partial charge in [-0.25, -0.2) is 0 Å². The zero-order valence-corrected chi connectivity index (χ0v) is 9.80. The van der Waals surface area contributed by atoms with E-state index in [1.165, 1.54) is 25.5 Å². The number of rotatable bonds is 3. The predicted molar refractivity (Wildman–Crippen MR) is 65.6 cm³/mol. The molecule has 3 N–H and O–H groups in total. The Kier molecular flexibility index (Phi) is 4.55. The maximum atomic E-state index is 11.7. The fourth-order valence-electron chi connectivity index (χ4n) is 1.62. The SMILES string of the molecule is Cl.Nc1ccncc1C(=O)NCC1CCC1. The first-order chi connectivity index (χ1) is 7.27. The van der Waals surface area contributed by atoms with Gasteiger partial charge in [0.05, 0.1) is 5.56 Å². The summed E-state index contributed by atoms with van der Waals surface area (Å²) in [4.78, 5) is 15.6. The molecule has 0 spiro atoms. The van der Waals surface area contributed by atoms with Gasteiger partial charge in [0.1, 0.15) is 0 Å². The number of halogens is 1. The van der Waals surface area contributed by atoms with E-state index in [9.17, 15) is 4.79 Å². The fraction of sp³-hybridized carbons (Fsp3) is 0.455. The van der Waals surface area contributed by atoms with Crippen LogP contribution >= 0.6 is 12.4 Å². The van der Waals surface area contributed by atoms with Gasteiger partial charge in [-0.3, -0.25) is 9.78 Å². The number of nitrogen functional groups attached to an aromatic ring is 1. The van der Waals surface area contributed by atoms with Gasteiger partial charge in [0.15, 0.2) is 0 Å². The summed E-state index contributed by atoms with van der Waals surface area (Å²) in [5.41, 5.74) is 6.63. The van der Waals surface area contributed by atoms with Crippen molar-refractivity contribution in [2.24, 2.45) is 5.92 Å². The predicted octanol–water partition coefficient (Wildman–Crippen LogP) is 1.62. The summed E-state index contributed by atoms with van der Waals surface area (Å²) in [7, 11) is 0. The van der Waals surface area contributed by atoms with Gasteiger partial charge in [-0.2, -0.15) is 0 Å². The second-order valence-corrected chi connectivity index (χ2v) is 3.97. The van der Waals surface area contributed by atoms with Gasteiger partial charge < -0.3 is 11.1 Å². The Labute approximate surface area is 101 Å². The van der Waals surface area contributed by atoms with Crippen molar-refractivity contribution in [3.05, 3.63) is 24.0 Å². The third-order valence-corrected chi connectivity index (χ3v) is 2.88. The monoisotopic (exact) mass is 241 g/mol. The molecule has 88 valence electrons. The minimum absolute atomic E-state index is 0. The first kappa shape index (κ1) is 12.8. The Hall–Kier alpha value is -1.29. The maximum absolute atomic E-state index is 11.7. The van der Waals surface area contributed by atoms with E-state index in [0.29, 0.717) is 17.2 Å². The minimum atomic E-state index is -0.118. The van der Waals surface area contributed by atoms with Gasteiger partial charge in [-0.1, -0.05) is 6.42 Å². The lowest BCUT2D eigenvalue weighted by Gasteiger charge is -2.25. The molecule has 1 aliphatic rings. The van der Waals surface area contributed by atoms with Gasteiger partial charge in [-0.15, -0.1) is 12.4 Å². The van der Waals surface area contributed by atoms with E-state index < -0.39 is 0 Å². The van der Waals surface area contributed by atoms with Gasteiger partial charge in [0.25, 0.3) is 5.91 Å². The minimum Gasteiger partial charge on any atom is -0.398 e. The number of nitrogens with zero attached hydrogens (tertiary/aromatic N) is 1. The molecule has 1 heterocycles. The molecule has 1 amide bonds. The van der Waals surface area contributed by atoms with Crippen molar-refractivity contribution in [1.29, 1.82) is 0 Å². The zero-order chi connectivity index (χ0) is 10.7. The van der Waals surface area contributed by atoms with Gasteiger partial charge >= 0.3 is 0 Å². The van der Waals surface area contributed by atoms with E-state index in [0.717, 1.165) is 6.54 Å². The Morgan fingerprint density at radius 1 is 1.56 bits per heavy atom. The highest BCUT2D eigenvalue weighted by Crippen LogP contribution is 2.25. The van der Waals surface area contributed by atoms with Gasteiger partial charge in [-0.05, 0) is 24.8 Å². The lowest BCUT2D eigenvalue weighted by molar-refractivity contribution is 0.0939. The van der Waals surface area contributed by atoms with Crippen molar-refractivity contribution in [2.45, 2.75) is 19.3 Å². The Morgan fingerprint density at radius 2 is 2.31 bits per heavy atom. The van der Waals surface area contributed by atoms with Crippen LogP contribution in [-0.4, -0.2) is 17.4 Å². The quantitative estimate of drug-likeness (QED) is 0.845. The zero-order valence-electron chi connectivity index (χ0n) is 8.98. The van der Waals surface area contributed by atoms with Crippen molar-refractivity contribution in [1.82, 2.24) is 10.3 Å². The van der Waals surface area contributed by atoms with Crippen LogP contribution < -0.4 is 11.1 Å². The second-order valence-electron chi connectivity index (χ2n) is 3.97. The number of nitrogens with two attached hydrogens (primary N) is 1. The molecule has 1 fully saturated rings. The molecule has 1 aromatic rings. The Bertz CT molecular complexity index is 366. The molecule has 1 saturated carbocycles. The van der Waals surface area contributed by atoms with E-state index in [1.807, 2.05) is 0 Å². The third-order valence-electron chi connectivity index (χ3n) is 2.88. The Balaban J connectivity index is 0.00000128. The highest BCUT2D eigenvalue weighted by molar-refractivity contribution is 5.98. The van der Waals surface area contributed by atoms with Crippen LogP contribution in [0.15, 0.2) is 18.5 Å². The summed E-state index contributed by atoms with van der Waals surface area (Å²) in [6, 6.07) is 1.64. The van der Waals surface area contributed by atoms with Crippen LogP contribution in [-0.2, 0) is 0 Å². The molecule has 2 rings (SSSR count). The van der Waals surface area contributed by atoms with Crippen LogP contribution in [0.3, 0.4) is 0 Å². The van der Waals surface area contributed by atoms with E-state index in [2.05, 4.69) is 10.3 Å². The number of carbonyl (C=O) groups excluding carboxylic acids is 1. The van der Waals surface area contributed by atoms with E-state index in [1.54, 1.807) is 12.3 Å². The summed E-state index contributed by atoms with van der Waals surface area (Å²) < 4.78 is 0. The number of aromatic nitrogens is 1. The molecular formula is C11H16ClN3O. The molecule has 1 aromatic heterocycles. The largest absolute Gasteiger partial charge is 0.398 e. The van der Waals surface area contributed by atoms with Crippen LogP contribution in [0.4, 0.5) is 5.69 Å². The lowest BCUT2D eigenvalue weighted by Crippen LogP contribution is -2.32. The summed E-state index contributed by atoms with van der Waals surface area (Å²) in [6.07, 6.45) is 6.82. The normalized spacial score (nSPS) is 14.8. The first-order valence-electron chi connectivity index (χ1n) is 5.25. The molecule has 0 aliphatic heterocycles. The fourth-order valence-corrected chi connectivity index (χ4v) is 1.62. The number of nitrogens with one attached hydrogen (secondary N) is 1. The smallest absolute Gasteiger partial charge is 0.254 e. The molecule has 0 atom stereocenters. The highest BCUT2D eigenvalue weighted by atomic mass is 35.5. The van der Waals surface area contributed by atoms with Crippen LogP contribution in [0.5, 0.6) is 0 Å². The summed E-state index contributed by atoms with van der Waals surface area (Å²) in [5.74, 6) is 0.541.